The summed E-state index contributed by atoms with van der Waals surface area (Å²) < 4.78 is 5.45. The molecule has 3 heterocycles. The molecule has 10 heteroatoms. The number of hydrogen-bond acceptors (Lipinski definition) is 5. The lowest BCUT2D eigenvalue weighted by Gasteiger charge is -2.46. The van der Waals surface area contributed by atoms with Gasteiger partial charge in [-0.05, 0) is 50.8 Å². The smallest absolute Gasteiger partial charge is 0.408 e. The number of H-pyrrole nitrogens is 1. The molecule has 3 aromatic rings. The molecule has 0 radical (unpaired) electrons. The van der Waals surface area contributed by atoms with Crippen molar-refractivity contribution < 1.29 is 23.9 Å². The Hall–Kier alpha value is -4.34. The van der Waals surface area contributed by atoms with E-state index in [0.29, 0.717) is 19.4 Å². The fourth-order valence-corrected chi connectivity index (χ4v) is 5.65. The lowest BCUT2D eigenvalue weighted by atomic mass is 9.91. The van der Waals surface area contributed by atoms with Crippen molar-refractivity contribution in [3.8, 4) is 0 Å². The van der Waals surface area contributed by atoms with Crippen LogP contribution < -0.4 is 10.6 Å². The van der Waals surface area contributed by atoms with Crippen LogP contribution in [0, 0.1) is 0 Å². The molecule has 3 atom stereocenters. The Morgan fingerprint density at radius 2 is 1.80 bits per heavy atom. The number of nitrogens with one attached hydrogen (secondary N) is 3. The average molecular weight is 560 g/mol. The van der Waals surface area contributed by atoms with Gasteiger partial charge in [0.1, 0.15) is 11.6 Å². The zero-order valence-corrected chi connectivity index (χ0v) is 23.7. The molecule has 216 valence electrons. The second-order valence-corrected chi connectivity index (χ2v) is 11.7. The Morgan fingerprint density at radius 1 is 1.07 bits per heavy atom. The second kappa shape index (κ2) is 11.6. The summed E-state index contributed by atoms with van der Waals surface area (Å²) >= 11 is 0. The molecular formula is C31H37N5O5. The zero-order valence-electron chi connectivity index (χ0n) is 23.7. The number of fused-ring (bicyclic) bond motifs is 2. The third-order valence-corrected chi connectivity index (χ3v) is 7.56. The van der Waals surface area contributed by atoms with Crippen molar-refractivity contribution in [2.75, 3.05) is 6.54 Å². The van der Waals surface area contributed by atoms with E-state index >= 15 is 0 Å². The summed E-state index contributed by atoms with van der Waals surface area (Å²) in [5, 5.41) is 6.78. The third kappa shape index (κ3) is 6.53. The summed E-state index contributed by atoms with van der Waals surface area (Å²) in [5.74, 6) is -0.650. The number of hydrogen-bond donors (Lipinski definition) is 3. The number of ether oxygens (including phenoxy) is 1. The number of carbonyl (C=O) groups excluding carboxylic acids is 4. The van der Waals surface area contributed by atoms with E-state index in [-0.39, 0.29) is 37.2 Å². The van der Waals surface area contributed by atoms with Crippen molar-refractivity contribution in [3.63, 3.8) is 0 Å². The molecule has 0 spiro atoms. The molecule has 2 aromatic carbocycles. The summed E-state index contributed by atoms with van der Waals surface area (Å²) in [5.41, 5.74) is 1.95. The number of nitrogens with zero attached hydrogens (tertiary/aromatic N) is 2. The van der Waals surface area contributed by atoms with E-state index in [1.165, 1.54) is 4.90 Å². The third-order valence-electron chi connectivity index (χ3n) is 7.56. The molecule has 1 aromatic heterocycles. The minimum atomic E-state index is -0.927. The van der Waals surface area contributed by atoms with Crippen LogP contribution in [-0.2, 0) is 27.3 Å². The fourth-order valence-electron chi connectivity index (χ4n) is 5.65. The van der Waals surface area contributed by atoms with Gasteiger partial charge >= 0.3 is 12.1 Å². The summed E-state index contributed by atoms with van der Waals surface area (Å²) in [6.45, 7) is 6.01. The molecule has 0 aliphatic carbocycles. The Kier molecular flexibility index (Phi) is 8.01. The van der Waals surface area contributed by atoms with Crippen LogP contribution in [0.15, 0.2) is 60.8 Å². The van der Waals surface area contributed by atoms with E-state index in [4.69, 9.17) is 4.74 Å². The maximum atomic E-state index is 13.7. The number of piperidine rings is 1. The zero-order chi connectivity index (χ0) is 29.1. The van der Waals surface area contributed by atoms with E-state index in [9.17, 15) is 19.2 Å². The van der Waals surface area contributed by atoms with Crippen molar-refractivity contribution in [1.82, 2.24) is 25.4 Å². The average Bonchev–Trinajstić information content (AvgIpc) is 3.33. The van der Waals surface area contributed by atoms with Gasteiger partial charge in [-0.3, -0.25) is 14.5 Å². The topological polar surface area (TPSA) is 124 Å². The SMILES string of the molecule is CC(C)(C)OC(=O)N[C@H](Cc1c[nH]c2ccccc12)C(=O)N[C@@H]1CCCN2C(=O)N(Cc3ccccc3)C(=O)C[C@H]12. The highest BCUT2D eigenvalue weighted by Crippen LogP contribution is 2.28. The number of aromatic amines is 1. The van der Waals surface area contributed by atoms with Crippen LogP contribution >= 0.6 is 0 Å². The van der Waals surface area contributed by atoms with E-state index in [0.717, 1.165) is 22.0 Å². The van der Waals surface area contributed by atoms with E-state index in [1.54, 1.807) is 25.7 Å². The molecule has 2 aliphatic heterocycles. The predicted octanol–water partition coefficient (Wildman–Crippen LogP) is 4.11. The van der Waals surface area contributed by atoms with Gasteiger partial charge < -0.3 is 25.3 Å². The molecule has 10 nitrogen and oxygen atoms in total. The van der Waals surface area contributed by atoms with Crippen molar-refractivity contribution in [2.45, 2.75) is 76.7 Å². The largest absolute Gasteiger partial charge is 0.444 e. The van der Waals surface area contributed by atoms with Crippen LogP contribution in [0.1, 0.15) is 51.2 Å². The molecule has 2 saturated heterocycles. The van der Waals surface area contributed by atoms with Crippen LogP contribution in [-0.4, -0.2) is 69.0 Å². The number of amides is 5. The van der Waals surface area contributed by atoms with Gasteiger partial charge in [-0.25, -0.2) is 9.59 Å². The first kappa shape index (κ1) is 28.2. The molecule has 5 rings (SSSR count). The Morgan fingerprint density at radius 3 is 2.56 bits per heavy atom. The Labute approximate surface area is 239 Å². The number of carbonyl (C=O) groups is 4. The lowest BCUT2D eigenvalue weighted by molar-refractivity contribution is -0.135. The Bertz CT molecular complexity index is 1430. The second-order valence-electron chi connectivity index (χ2n) is 11.7. The van der Waals surface area contributed by atoms with Gasteiger partial charge in [0.15, 0.2) is 0 Å². The molecule has 0 saturated carbocycles. The first-order valence-corrected chi connectivity index (χ1v) is 14.1. The van der Waals surface area contributed by atoms with Gasteiger partial charge in [-0.1, -0.05) is 48.5 Å². The van der Waals surface area contributed by atoms with Crippen molar-refractivity contribution >= 4 is 34.8 Å². The molecule has 5 amide bonds. The van der Waals surface area contributed by atoms with E-state index in [2.05, 4.69) is 15.6 Å². The van der Waals surface area contributed by atoms with Crippen LogP contribution in [0.5, 0.6) is 0 Å². The van der Waals surface area contributed by atoms with E-state index in [1.807, 2.05) is 60.8 Å². The van der Waals surface area contributed by atoms with Crippen molar-refractivity contribution in [1.29, 1.82) is 0 Å². The molecular weight excluding hydrogens is 522 g/mol. The monoisotopic (exact) mass is 559 g/mol. The minimum absolute atomic E-state index is 0.121. The maximum Gasteiger partial charge on any atom is 0.408 e. The summed E-state index contributed by atoms with van der Waals surface area (Å²) in [6, 6.07) is 15.0. The predicted molar refractivity (Wildman–Crippen MR) is 154 cm³/mol. The fraction of sp³-hybridized carbons (Fsp3) is 0.419. The number of benzene rings is 2. The van der Waals surface area contributed by atoms with Crippen molar-refractivity contribution in [3.05, 3.63) is 71.9 Å². The van der Waals surface area contributed by atoms with Crippen LogP contribution in [0.25, 0.3) is 10.9 Å². The number of alkyl carbamates (subject to hydrolysis) is 1. The van der Waals surface area contributed by atoms with Gasteiger partial charge in [0.2, 0.25) is 11.8 Å². The molecule has 2 fully saturated rings. The highest BCUT2D eigenvalue weighted by Gasteiger charge is 2.45. The van der Waals surface area contributed by atoms with Crippen LogP contribution in [0.4, 0.5) is 9.59 Å². The standard InChI is InChI=1S/C31H37N5O5/c1-31(2,3)41-29(39)34-25(16-21-18-32-23-13-8-7-12-22(21)23)28(38)33-24-14-9-15-35-26(24)17-27(37)36(30(35)40)19-20-10-5-4-6-11-20/h4-8,10-13,18,24-26,32H,9,14-17,19H2,1-3H3,(H,33,38)(H,34,39)/t24-,25-,26-/m1/s1. The quantitative estimate of drug-likeness (QED) is 0.402. The van der Waals surface area contributed by atoms with Gasteiger partial charge in [-0.2, -0.15) is 0 Å². The summed E-state index contributed by atoms with van der Waals surface area (Å²) in [7, 11) is 0. The van der Waals surface area contributed by atoms with Crippen LogP contribution in [0.3, 0.4) is 0 Å². The minimum Gasteiger partial charge on any atom is -0.444 e. The Balaban J connectivity index is 1.32. The van der Waals surface area contributed by atoms with E-state index < -0.39 is 29.8 Å². The molecule has 0 bridgehead atoms. The number of imide groups is 1. The first-order chi connectivity index (χ1) is 19.6. The van der Waals surface area contributed by atoms with Gasteiger partial charge in [0.25, 0.3) is 0 Å². The van der Waals surface area contributed by atoms with Gasteiger partial charge in [0.05, 0.1) is 12.6 Å². The highest BCUT2D eigenvalue weighted by atomic mass is 16.6. The van der Waals surface area contributed by atoms with Crippen molar-refractivity contribution in [2.24, 2.45) is 0 Å². The maximum absolute atomic E-state index is 13.7. The molecule has 0 unspecified atom stereocenters. The molecule has 3 N–H and O–H groups in total. The first-order valence-electron chi connectivity index (χ1n) is 14.1. The van der Waals surface area contributed by atoms with Crippen LogP contribution in [0.2, 0.25) is 0 Å². The highest BCUT2D eigenvalue weighted by molar-refractivity contribution is 5.97. The number of para-hydroxylation sites is 1. The number of rotatable bonds is 7. The summed E-state index contributed by atoms with van der Waals surface area (Å²) in [4.78, 5) is 59.2. The molecule has 41 heavy (non-hydrogen) atoms. The lowest BCUT2D eigenvalue weighted by Crippen LogP contribution is -2.66. The number of aromatic nitrogens is 1. The number of urea groups is 1. The molecule has 2 aliphatic rings. The summed E-state index contributed by atoms with van der Waals surface area (Å²) in [6.07, 6.45) is 2.81. The van der Waals surface area contributed by atoms with Gasteiger partial charge in [-0.15, -0.1) is 0 Å². The van der Waals surface area contributed by atoms with Gasteiger partial charge in [0, 0.05) is 42.5 Å². The normalized spacial score (nSPS) is 20.0.